The first-order valence-electron chi connectivity index (χ1n) is 6.46. The highest BCUT2D eigenvalue weighted by molar-refractivity contribution is 6.25. The third-order valence-electron chi connectivity index (χ3n) is 3.54. The Bertz CT molecular complexity index is 428. The minimum atomic E-state index is 0.552. The lowest BCUT2D eigenvalue weighted by atomic mass is 9.93. The van der Waals surface area contributed by atoms with Crippen LogP contribution in [-0.2, 0) is 13.0 Å². The number of nitrogens with one attached hydrogen (secondary N) is 1. The average molecular weight is 265 g/mol. The Morgan fingerprint density at radius 2 is 2.17 bits per heavy atom. The fraction of sp³-hybridized carbons (Fsp3) is 0.467. The molecule has 0 aromatic heterocycles. The summed E-state index contributed by atoms with van der Waals surface area (Å²) in [7, 11) is 2.02. The molecule has 1 aliphatic rings. The zero-order valence-corrected chi connectivity index (χ0v) is 11.9. The Balaban J connectivity index is 2.17. The molecule has 1 N–H and O–H groups in total. The fourth-order valence-corrected chi connectivity index (χ4v) is 2.69. The van der Waals surface area contributed by atoms with Crippen LogP contribution in [0.5, 0.6) is 0 Å². The van der Waals surface area contributed by atoms with E-state index in [2.05, 4.69) is 41.4 Å². The van der Waals surface area contributed by atoms with E-state index in [1.165, 1.54) is 16.7 Å². The van der Waals surface area contributed by atoms with Gasteiger partial charge in [0, 0.05) is 31.2 Å². The summed E-state index contributed by atoms with van der Waals surface area (Å²) in [4.78, 5) is 2.51. The van der Waals surface area contributed by atoms with Gasteiger partial charge < -0.3 is 5.32 Å². The van der Waals surface area contributed by atoms with Gasteiger partial charge in [0.2, 0.25) is 0 Å². The van der Waals surface area contributed by atoms with Gasteiger partial charge in [0.05, 0.1) is 0 Å². The van der Waals surface area contributed by atoms with Gasteiger partial charge in [-0.05, 0) is 37.1 Å². The normalized spacial score (nSPS) is 20.8. The first-order valence-corrected chi connectivity index (χ1v) is 6.89. The molecule has 0 bridgehead atoms. The quantitative estimate of drug-likeness (QED) is 0.900. The molecule has 0 fully saturated rings. The smallest absolute Gasteiger partial charge is 0.0267 e. The van der Waals surface area contributed by atoms with Crippen molar-refractivity contribution < 1.29 is 0 Å². The zero-order chi connectivity index (χ0) is 13.0. The highest BCUT2D eigenvalue weighted by Gasteiger charge is 2.25. The Hall–Kier alpha value is -0.830. The molecule has 1 aromatic carbocycles. The van der Waals surface area contributed by atoms with Crippen molar-refractivity contribution in [2.45, 2.75) is 25.9 Å². The lowest BCUT2D eigenvalue weighted by Crippen LogP contribution is -2.46. The number of likely N-dealkylation sites (N-methyl/N-ethyl adjacent to an activating group) is 1. The van der Waals surface area contributed by atoms with Crippen molar-refractivity contribution in [2.75, 3.05) is 20.1 Å². The summed E-state index contributed by atoms with van der Waals surface area (Å²) in [5.41, 5.74) is 5.85. The van der Waals surface area contributed by atoms with E-state index in [1.54, 1.807) is 5.54 Å². The minimum absolute atomic E-state index is 0.552. The van der Waals surface area contributed by atoms with Crippen LogP contribution in [0.25, 0.3) is 0 Å². The molecule has 1 aliphatic heterocycles. The van der Waals surface area contributed by atoms with Crippen LogP contribution in [0.15, 0.2) is 35.4 Å². The Kier molecular flexibility index (Phi) is 4.81. The van der Waals surface area contributed by atoms with Crippen LogP contribution in [-0.4, -0.2) is 31.1 Å². The van der Waals surface area contributed by atoms with Crippen molar-refractivity contribution in [1.29, 1.82) is 0 Å². The number of benzene rings is 1. The minimum Gasteiger partial charge on any atom is -0.318 e. The molecule has 1 heterocycles. The van der Waals surface area contributed by atoms with Gasteiger partial charge in [-0.1, -0.05) is 35.9 Å². The van der Waals surface area contributed by atoms with E-state index >= 15 is 0 Å². The van der Waals surface area contributed by atoms with E-state index < -0.39 is 0 Å². The molecule has 1 aromatic rings. The number of nitrogens with zero attached hydrogens (tertiary/aromatic N) is 1. The van der Waals surface area contributed by atoms with Crippen molar-refractivity contribution in [2.24, 2.45) is 0 Å². The van der Waals surface area contributed by atoms with Crippen LogP contribution in [0, 0.1) is 0 Å². The molecule has 2 nitrogen and oxygen atoms in total. The molecule has 0 spiro atoms. The van der Waals surface area contributed by atoms with Crippen molar-refractivity contribution in [3.05, 3.63) is 46.5 Å². The highest BCUT2D eigenvalue weighted by Crippen LogP contribution is 2.23. The molecule has 0 saturated heterocycles. The van der Waals surface area contributed by atoms with Crippen molar-refractivity contribution in [3.63, 3.8) is 0 Å². The SMILES string of the molecule is CNCC1Cc2ccccc2CN1C/C(C)=C/Cl. The maximum Gasteiger partial charge on any atom is 0.0267 e. The second-order valence-corrected chi connectivity index (χ2v) is 5.26. The lowest BCUT2D eigenvalue weighted by molar-refractivity contribution is 0.185. The van der Waals surface area contributed by atoms with Crippen molar-refractivity contribution in [1.82, 2.24) is 10.2 Å². The molecule has 3 heteroatoms. The van der Waals surface area contributed by atoms with E-state index in [1.807, 2.05) is 7.05 Å². The largest absolute Gasteiger partial charge is 0.318 e. The van der Waals surface area contributed by atoms with E-state index in [9.17, 15) is 0 Å². The van der Waals surface area contributed by atoms with Gasteiger partial charge in [-0.2, -0.15) is 0 Å². The van der Waals surface area contributed by atoms with Gasteiger partial charge >= 0.3 is 0 Å². The zero-order valence-electron chi connectivity index (χ0n) is 11.1. The standard InChI is InChI=1S/C15H21ClN2/c1-12(8-16)10-18-11-14-6-4-3-5-13(14)7-15(18)9-17-2/h3-6,8,15,17H,7,9-11H2,1-2H3/b12-8+. The summed E-state index contributed by atoms with van der Waals surface area (Å²) >= 11 is 5.79. The molecule has 2 rings (SSSR count). The van der Waals surface area contributed by atoms with Crippen molar-refractivity contribution in [3.8, 4) is 0 Å². The number of hydrogen-bond donors (Lipinski definition) is 1. The summed E-state index contributed by atoms with van der Waals surface area (Å²) in [6, 6.07) is 9.29. The Labute approximate surface area is 115 Å². The van der Waals surface area contributed by atoms with Gasteiger partial charge in [-0.3, -0.25) is 4.90 Å². The summed E-state index contributed by atoms with van der Waals surface area (Å²) in [5, 5.41) is 3.30. The Morgan fingerprint density at radius 3 is 2.83 bits per heavy atom. The van der Waals surface area contributed by atoms with Gasteiger partial charge in [-0.15, -0.1) is 0 Å². The molecule has 0 amide bonds. The van der Waals surface area contributed by atoms with E-state index in [0.717, 1.165) is 26.1 Å². The average Bonchev–Trinajstić information content (AvgIpc) is 2.39. The third-order valence-corrected chi connectivity index (χ3v) is 3.91. The predicted molar refractivity (Wildman–Crippen MR) is 77.9 cm³/mol. The second-order valence-electron chi connectivity index (χ2n) is 5.04. The van der Waals surface area contributed by atoms with Gasteiger partial charge in [-0.25, -0.2) is 0 Å². The molecule has 1 atom stereocenters. The summed E-state index contributed by atoms with van der Waals surface area (Å²) < 4.78 is 0. The highest BCUT2D eigenvalue weighted by atomic mass is 35.5. The molecule has 18 heavy (non-hydrogen) atoms. The van der Waals surface area contributed by atoms with Crippen LogP contribution in [0.4, 0.5) is 0 Å². The van der Waals surface area contributed by atoms with Crippen LogP contribution in [0.2, 0.25) is 0 Å². The van der Waals surface area contributed by atoms with Gasteiger partial charge in [0.25, 0.3) is 0 Å². The molecule has 0 radical (unpaired) electrons. The lowest BCUT2D eigenvalue weighted by Gasteiger charge is -2.37. The van der Waals surface area contributed by atoms with Crippen LogP contribution < -0.4 is 5.32 Å². The first-order chi connectivity index (χ1) is 8.74. The monoisotopic (exact) mass is 264 g/mol. The predicted octanol–water partition coefficient (Wildman–Crippen LogP) is 2.78. The van der Waals surface area contributed by atoms with E-state index in [4.69, 9.17) is 11.6 Å². The van der Waals surface area contributed by atoms with Crippen LogP contribution >= 0.6 is 11.6 Å². The van der Waals surface area contributed by atoms with Gasteiger partial charge in [0.15, 0.2) is 0 Å². The van der Waals surface area contributed by atoms with E-state index in [0.29, 0.717) is 6.04 Å². The summed E-state index contributed by atoms with van der Waals surface area (Å²) in [5.74, 6) is 0. The summed E-state index contributed by atoms with van der Waals surface area (Å²) in [6.07, 6.45) is 1.12. The topological polar surface area (TPSA) is 15.3 Å². The molecule has 0 aliphatic carbocycles. The number of fused-ring (bicyclic) bond motifs is 1. The summed E-state index contributed by atoms with van der Waals surface area (Å²) in [6.45, 7) is 5.07. The fourth-order valence-electron chi connectivity index (χ4n) is 2.62. The van der Waals surface area contributed by atoms with Crippen molar-refractivity contribution >= 4 is 11.6 Å². The Morgan fingerprint density at radius 1 is 1.44 bits per heavy atom. The van der Waals surface area contributed by atoms with Crippen LogP contribution in [0.1, 0.15) is 18.1 Å². The molecule has 1 unspecified atom stereocenters. The first kappa shape index (κ1) is 13.6. The molecular weight excluding hydrogens is 244 g/mol. The maximum absolute atomic E-state index is 5.79. The molecule has 98 valence electrons. The van der Waals surface area contributed by atoms with E-state index in [-0.39, 0.29) is 0 Å². The van der Waals surface area contributed by atoms with Gasteiger partial charge in [0.1, 0.15) is 0 Å². The molecular formula is C15H21ClN2. The second kappa shape index (κ2) is 6.37. The molecule has 0 saturated carbocycles. The maximum atomic E-state index is 5.79. The number of rotatable bonds is 4. The number of hydrogen-bond acceptors (Lipinski definition) is 2. The van der Waals surface area contributed by atoms with Crippen LogP contribution in [0.3, 0.4) is 0 Å². The number of halogens is 1. The third kappa shape index (κ3) is 3.14.